The minimum absolute atomic E-state index is 0.0565. The second-order valence-corrected chi connectivity index (χ2v) is 7.20. The minimum atomic E-state index is -0.0753. The van der Waals surface area contributed by atoms with Gasteiger partial charge >= 0.3 is 0 Å². The maximum absolute atomic E-state index is 12.5. The van der Waals surface area contributed by atoms with Gasteiger partial charge in [0.25, 0.3) is 5.91 Å². The largest absolute Gasteiger partial charge is 0.272 e. The monoisotopic (exact) mass is 324 g/mol. The molecule has 1 heterocycles. The maximum atomic E-state index is 12.5. The van der Waals surface area contributed by atoms with Crippen molar-refractivity contribution in [3.05, 3.63) is 70.8 Å². The Morgan fingerprint density at radius 3 is 2.39 bits per heavy atom. The number of rotatable bonds is 3. The lowest BCUT2D eigenvalue weighted by atomic mass is 10.1. The Balaban J connectivity index is 1.93. The molecule has 1 aliphatic heterocycles. The molecule has 0 radical (unpaired) electrons. The van der Waals surface area contributed by atoms with Crippen molar-refractivity contribution in [3.63, 3.8) is 0 Å². The Bertz CT molecular complexity index is 757. The second kappa shape index (κ2) is 6.59. The molecule has 3 nitrogen and oxygen atoms in total. The summed E-state index contributed by atoms with van der Waals surface area (Å²) in [4.78, 5) is 12.5. The van der Waals surface area contributed by atoms with Crippen LogP contribution in [0.3, 0.4) is 0 Å². The first-order valence-corrected chi connectivity index (χ1v) is 8.66. The van der Waals surface area contributed by atoms with Crippen LogP contribution in [0.4, 0.5) is 0 Å². The van der Waals surface area contributed by atoms with Gasteiger partial charge in [0.2, 0.25) is 0 Å². The van der Waals surface area contributed by atoms with Crippen molar-refractivity contribution in [2.24, 2.45) is 5.10 Å². The van der Waals surface area contributed by atoms with Crippen molar-refractivity contribution in [1.82, 2.24) is 5.01 Å². The van der Waals surface area contributed by atoms with Gasteiger partial charge in [0.1, 0.15) is 5.37 Å². The number of carbonyl (C=O) groups is 1. The summed E-state index contributed by atoms with van der Waals surface area (Å²) < 4.78 is 0. The number of amides is 1. The molecule has 23 heavy (non-hydrogen) atoms. The molecule has 1 fully saturated rings. The van der Waals surface area contributed by atoms with Crippen molar-refractivity contribution < 1.29 is 4.79 Å². The fraction of sp³-hybridized carbons (Fsp3) is 0.263. The van der Waals surface area contributed by atoms with Gasteiger partial charge in [0.05, 0.1) is 11.5 Å². The predicted octanol–water partition coefficient (Wildman–Crippen LogP) is 4.30. The number of hydrogen-bond donors (Lipinski definition) is 0. The molecule has 0 spiro atoms. The van der Waals surface area contributed by atoms with Gasteiger partial charge in [-0.3, -0.25) is 4.79 Å². The van der Waals surface area contributed by atoms with Crippen LogP contribution in [0.15, 0.2) is 53.6 Å². The summed E-state index contributed by atoms with van der Waals surface area (Å²) in [6.07, 6.45) is 1.79. The molecular weight excluding hydrogens is 304 g/mol. The molecular formula is C19H20N2OS. The Morgan fingerprint density at radius 1 is 1.04 bits per heavy atom. The number of benzene rings is 2. The molecule has 0 bridgehead atoms. The number of hydrazone groups is 1. The van der Waals surface area contributed by atoms with E-state index in [2.05, 4.69) is 24.2 Å². The maximum Gasteiger partial charge on any atom is 0.256 e. The van der Waals surface area contributed by atoms with Gasteiger partial charge < -0.3 is 0 Å². The highest BCUT2D eigenvalue weighted by Crippen LogP contribution is 2.44. The zero-order valence-corrected chi connectivity index (χ0v) is 14.4. The standard InChI is InChI=1S/C19H20N2OS/c1-13-8-4-6-10-16(13)12-20-21-18(22)15(3)23-19(21)17-11-7-5-9-14(17)2/h4-12,15,19H,1-3H3/b20-12-. The van der Waals surface area contributed by atoms with Crippen LogP contribution in [0.25, 0.3) is 0 Å². The fourth-order valence-electron chi connectivity index (χ4n) is 2.65. The van der Waals surface area contributed by atoms with Crippen LogP contribution >= 0.6 is 11.8 Å². The first kappa shape index (κ1) is 15.8. The number of aryl methyl sites for hydroxylation is 2. The minimum Gasteiger partial charge on any atom is -0.272 e. The van der Waals surface area contributed by atoms with E-state index in [-0.39, 0.29) is 16.5 Å². The Labute approximate surface area is 141 Å². The molecule has 0 aliphatic carbocycles. The summed E-state index contributed by atoms with van der Waals surface area (Å²) in [5.74, 6) is 0.0630. The topological polar surface area (TPSA) is 32.7 Å². The highest BCUT2D eigenvalue weighted by atomic mass is 32.2. The number of hydrogen-bond acceptors (Lipinski definition) is 3. The summed E-state index contributed by atoms with van der Waals surface area (Å²) >= 11 is 1.65. The highest BCUT2D eigenvalue weighted by Gasteiger charge is 2.39. The van der Waals surface area contributed by atoms with Crippen LogP contribution in [0.2, 0.25) is 0 Å². The lowest BCUT2D eigenvalue weighted by Gasteiger charge is -2.20. The van der Waals surface area contributed by atoms with Crippen LogP contribution in [0, 0.1) is 13.8 Å². The zero-order chi connectivity index (χ0) is 16.4. The van der Waals surface area contributed by atoms with Crippen LogP contribution in [0.1, 0.15) is 34.6 Å². The second-order valence-electron chi connectivity index (χ2n) is 5.77. The van der Waals surface area contributed by atoms with Crippen LogP contribution in [0.5, 0.6) is 0 Å². The molecule has 0 aromatic heterocycles. The first-order valence-electron chi connectivity index (χ1n) is 7.71. The van der Waals surface area contributed by atoms with Gasteiger partial charge in [0.15, 0.2) is 0 Å². The third-order valence-electron chi connectivity index (χ3n) is 4.09. The molecule has 0 saturated carbocycles. The van der Waals surface area contributed by atoms with Gasteiger partial charge in [0, 0.05) is 0 Å². The van der Waals surface area contributed by atoms with E-state index in [9.17, 15) is 4.79 Å². The Morgan fingerprint density at radius 2 is 1.70 bits per heavy atom. The highest BCUT2D eigenvalue weighted by molar-refractivity contribution is 8.01. The summed E-state index contributed by atoms with van der Waals surface area (Å²) in [7, 11) is 0. The van der Waals surface area contributed by atoms with Gasteiger partial charge in [-0.1, -0.05) is 48.5 Å². The van der Waals surface area contributed by atoms with E-state index >= 15 is 0 Å². The summed E-state index contributed by atoms with van der Waals surface area (Å²) in [5, 5.41) is 6.02. The number of carbonyl (C=O) groups excluding carboxylic acids is 1. The van der Waals surface area contributed by atoms with E-state index < -0.39 is 0 Å². The third kappa shape index (κ3) is 3.17. The molecule has 2 aromatic carbocycles. The smallest absolute Gasteiger partial charge is 0.256 e. The normalized spacial score (nSPS) is 21.3. The third-order valence-corrected chi connectivity index (χ3v) is 5.41. The predicted molar refractivity (Wildman–Crippen MR) is 96.6 cm³/mol. The molecule has 2 aromatic rings. The molecule has 2 atom stereocenters. The average molecular weight is 324 g/mol. The van der Waals surface area contributed by atoms with Crippen LogP contribution in [-0.4, -0.2) is 22.4 Å². The SMILES string of the molecule is Cc1ccccc1/C=N\N1C(=O)C(C)SC1c1ccccc1C. The van der Waals surface area contributed by atoms with E-state index in [1.807, 2.05) is 50.2 Å². The summed E-state index contributed by atoms with van der Waals surface area (Å²) in [6.45, 7) is 6.07. The lowest BCUT2D eigenvalue weighted by Crippen LogP contribution is -2.25. The van der Waals surface area contributed by atoms with Crippen molar-refractivity contribution in [2.45, 2.75) is 31.4 Å². The van der Waals surface area contributed by atoms with Crippen molar-refractivity contribution in [1.29, 1.82) is 0 Å². The Hall–Kier alpha value is -2.07. The molecule has 0 N–H and O–H groups in total. The van der Waals surface area contributed by atoms with E-state index in [1.165, 1.54) is 5.56 Å². The average Bonchev–Trinajstić information content (AvgIpc) is 2.82. The van der Waals surface area contributed by atoms with E-state index in [4.69, 9.17) is 0 Å². The van der Waals surface area contributed by atoms with E-state index in [1.54, 1.807) is 23.0 Å². The van der Waals surface area contributed by atoms with Crippen LogP contribution in [-0.2, 0) is 4.79 Å². The molecule has 3 rings (SSSR count). The fourth-order valence-corrected chi connectivity index (χ4v) is 3.95. The number of nitrogens with zero attached hydrogens (tertiary/aromatic N) is 2. The summed E-state index contributed by atoms with van der Waals surface area (Å²) in [5.41, 5.74) is 4.52. The van der Waals surface area contributed by atoms with Crippen molar-refractivity contribution >= 4 is 23.9 Å². The lowest BCUT2D eigenvalue weighted by molar-refractivity contribution is -0.129. The summed E-state index contributed by atoms with van der Waals surface area (Å²) in [6, 6.07) is 16.2. The number of thioether (sulfide) groups is 1. The van der Waals surface area contributed by atoms with Gasteiger partial charge in [-0.25, -0.2) is 5.01 Å². The molecule has 1 amide bonds. The zero-order valence-electron chi connectivity index (χ0n) is 13.6. The quantitative estimate of drug-likeness (QED) is 0.789. The Kier molecular flexibility index (Phi) is 4.53. The van der Waals surface area contributed by atoms with E-state index in [0.29, 0.717) is 0 Å². The van der Waals surface area contributed by atoms with Gasteiger partial charge in [-0.05, 0) is 43.0 Å². The van der Waals surface area contributed by atoms with Gasteiger partial charge in [-0.15, -0.1) is 11.8 Å². The molecule has 1 aliphatic rings. The molecule has 4 heteroatoms. The van der Waals surface area contributed by atoms with E-state index in [0.717, 1.165) is 16.7 Å². The van der Waals surface area contributed by atoms with Gasteiger partial charge in [-0.2, -0.15) is 5.10 Å². The first-order chi connectivity index (χ1) is 11.1. The molecule has 2 unspecified atom stereocenters. The van der Waals surface area contributed by atoms with Crippen molar-refractivity contribution in [2.75, 3.05) is 0 Å². The van der Waals surface area contributed by atoms with Crippen LogP contribution < -0.4 is 0 Å². The molecule has 118 valence electrons. The van der Waals surface area contributed by atoms with Crippen molar-refractivity contribution in [3.8, 4) is 0 Å². The molecule has 1 saturated heterocycles.